The summed E-state index contributed by atoms with van der Waals surface area (Å²) in [6, 6.07) is 22.4. The fraction of sp³-hybridized carbons (Fsp3) is 0.120. The first-order valence-corrected chi connectivity index (χ1v) is 10.1. The van der Waals surface area contributed by atoms with Gasteiger partial charge in [-0.3, -0.25) is 9.59 Å². The lowest BCUT2D eigenvalue weighted by Gasteiger charge is -2.09. The van der Waals surface area contributed by atoms with Crippen LogP contribution < -0.4 is 10.6 Å². The molecule has 1 heterocycles. The van der Waals surface area contributed by atoms with E-state index in [0.717, 1.165) is 16.5 Å². The first kappa shape index (κ1) is 20.3. The maximum absolute atomic E-state index is 13.1. The van der Waals surface area contributed by atoms with Crippen LogP contribution in [0.25, 0.3) is 10.9 Å². The number of carbonyl (C=O) groups is 2. The van der Waals surface area contributed by atoms with Crippen molar-refractivity contribution >= 4 is 28.4 Å². The maximum atomic E-state index is 13.1. The van der Waals surface area contributed by atoms with Gasteiger partial charge < -0.3 is 15.2 Å². The predicted molar refractivity (Wildman–Crippen MR) is 120 cm³/mol. The summed E-state index contributed by atoms with van der Waals surface area (Å²) in [6.45, 7) is 3.07. The Morgan fingerprint density at radius 3 is 2.35 bits per heavy atom. The van der Waals surface area contributed by atoms with Crippen LogP contribution in [-0.4, -0.2) is 16.4 Å². The Labute approximate surface area is 179 Å². The van der Waals surface area contributed by atoms with E-state index >= 15 is 0 Å². The molecule has 156 valence electrons. The maximum Gasteiger partial charge on any atom is 0.268 e. The molecular weight excluding hydrogens is 393 g/mol. The molecule has 0 aliphatic carbocycles. The minimum Gasteiger partial charge on any atom is -0.347 e. The normalized spacial score (nSPS) is 10.8. The number of carbonyl (C=O) groups excluding carboxylic acids is 2. The topological polar surface area (TPSA) is 63.1 Å². The highest BCUT2D eigenvalue weighted by atomic mass is 19.1. The molecule has 4 rings (SSSR count). The fourth-order valence-corrected chi connectivity index (χ4v) is 3.55. The number of nitrogens with one attached hydrogen (secondary N) is 2. The van der Waals surface area contributed by atoms with Gasteiger partial charge in [0.05, 0.1) is 0 Å². The molecule has 2 amide bonds. The molecule has 2 N–H and O–H groups in total. The molecule has 1 aromatic heterocycles. The van der Waals surface area contributed by atoms with E-state index in [1.807, 2.05) is 60.0 Å². The number of benzene rings is 3. The summed E-state index contributed by atoms with van der Waals surface area (Å²) in [4.78, 5) is 25.2. The second-order valence-electron chi connectivity index (χ2n) is 7.18. The van der Waals surface area contributed by atoms with E-state index in [1.165, 1.54) is 24.3 Å². The summed E-state index contributed by atoms with van der Waals surface area (Å²) in [7, 11) is 0. The zero-order chi connectivity index (χ0) is 21.8. The zero-order valence-corrected chi connectivity index (χ0v) is 17.1. The molecule has 0 saturated heterocycles. The molecular formula is C25H22FN3O2. The molecule has 0 aliphatic rings. The first-order chi connectivity index (χ1) is 15.0. The molecule has 0 saturated carbocycles. The van der Waals surface area contributed by atoms with Crippen LogP contribution in [0.2, 0.25) is 0 Å². The van der Waals surface area contributed by atoms with Crippen LogP contribution >= 0.6 is 0 Å². The SMILES string of the molecule is CCn1c(C(=O)NCc2ccccc2)cc2cc(NC(=O)c3ccc(F)cc3)ccc21. The Morgan fingerprint density at radius 2 is 1.65 bits per heavy atom. The summed E-state index contributed by atoms with van der Waals surface area (Å²) in [6.07, 6.45) is 0. The minimum atomic E-state index is -0.392. The number of hydrogen-bond acceptors (Lipinski definition) is 2. The Hall–Kier alpha value is -3.93. The van der Waals surface area contributed by atoms with Crippen LogP contribution in [-0.2, 0) is 13.1 Å². The summed E-state index contributed by atoms with van der Waals surface area (Å²) in [5, 5.41) is 6.64. The van der Waals surface area contributed by atoms with Gasteiger partial charge in [0.25, 0.3) is 11.8 Å². The summed E-state index contributed by atoms with van der Waals surface area (Å²) in [5.74, 6) is -0.870. The number of anilines is 1. The van der Waals surface area contributed by atoms with Crippen molar-refractivity contribution in [3.8, 4) is 0 Å². The van der Waals surface area contributed by atoms with Gasteiger partial charge in [-0.15, -0.1) is 0 Å². The van der Waals surface area contributed by atoms with Gasteiger partial charge >= 0.3 is 0 Å². The average Bonchev–Trinajstić information content (AvgIpc) is 3.16. The molecule has 4 aromatic rings. The van der Waals surface area contributed by atoms with Crippen LogP contribution in [0.3, 0.4) is 0 Å². The Morgan fingerprint density at radius 1 is 0.903 bits per heavy atom. The first-order valence-electron chi connectivity index (χ1n) is 10.1. The molecule has 0 aliphatic heterocycles. The van der Waals surface area contributed by atoms with Crippen molar-refractivity contribution in [1.29, 1.82) is 0 Å². The summed E-state index contributed by atoms with van der Waals surface area (Å²) in [5.41, 5.74) is 3.48. The lowest BCUT2D eigenvalue weighted by atomic mass is 10.2. The Balaban J connectivity index is 1.55. The lowest BCUT2D eigenvalue weighted by molar-refractivity contribution is 0.0941. The minimum absolute atomic E-state index is 0.154. The molecule has 0 radical (unpaired) electrons. The van der Waals surface area contributed by atoms with Crippen molar-refractivity contribution in [3.63, 3.8) is 0 Å². The zero-order valence-electron chi connectivity index (χ0n) is 17.1. The van der Waals surface area contributed by atoms with E-state index < -0.39 is 5.82 Å². The lowest BCUT2D eigenvalue weighted by Crippen LogP contribution is -2.25. The van der Waals surface area contributed by atoms with Crippen molar-refractivity contribution in [2.75, 3.05) is 5.32 Å². The molecule has 0 fully saturated rings. The van der Waals surface area contributed by atoms with Gasteiger partial charge in [0.1, 0.15) is 11.5 Å². The third kappa shape index (κ3) is 4.48. The van der Waals surface area contributed by atoms with Crippen LogP contribution in [0, 0.1) is 5.82 Å². The highest BCUT2D eigenvalue weighted by molar-refractivity contribution is 6.05. The Bertz CT molecular complexity index is 1230. The number of hydrogen-bond donors (Lipinski definition) is 2. The molecule has 6 heteroatoms. The van der Waals surface area contributed by atoms with Crippen LogP contribution in [0.4, 0.5) is 10.1 Å². The van der Waals surface area contributed by atoms with Crippen LogP contribution in [0.5, 0.6) is 0 Å². The highest BCUT2D eigenvalue weighted by Crippen LogP contribution is 2.24. The van der Waals surface area contributed by atoms with Gasteiger partial charge in [0.15, 0.2) is 0 Å². The average molecular weight is 415 g/mol. The number of rotatable bonds is 6. The quantitative estimate of drug-likeness (QED) is 0.466. The number of aromatic nitrogens is 1. The number of fused-ring (bicyclic) bond motifs is 1. The van der Waals surface area contributed by atoms with Crippen LogP contribution in [0.15, 0.2) is 78.9 Å². The van der Waals surface area contributed by atoms with Gasteiger partial charge in [-0.1, -0.05) is 30.3 Å². The molecule has 31 heavy (non-hydrogen) atoms. The highest BCUT2D eigenvalue weighted by Gasteiger charge is 2.15. The van der Waals surface area contributed by atoms with Crippen molar-refractivity contribution in [2.45, 2.75) is 20.0 Å². The standard InChI is InChI=1S/C25H22FN3O2/c1-2-29-22-13-12-21(28-24(30)18-8-10-20(26)11-9-18)14-19(22)15-23(29)25(31)27-16-17-6-4-3-5-7-17/h3-15H,2,16H2,1H3,(H,27,31)(H,28,30). The number of halogens is 1. The van der Waals surface area contributed by atoms with E-state index in [4.69, 9.17) is 0 Å². The molecule has 0 atom stereocenters. The van der Waals surface area contributed by atoms with E-state index in [-0.39, 0.29) is 11.8 Å². The molecule has 0 spiro atoms. The van der Waals surface area contributed by atoms with E-state index in [2.05, 4.69) is 10.6 Å². The summed E-state index contributed by atoms with van der Waals surface area (Å²) >= 11 is 0. The van der Waals surface area contributed by atoms with Gasteiger partial charge in [-0.2, -0.15) is 0 Å². The van der Waals surface area contributed by atoms with Gasteiger partial charge in [-0.05, 0) is 61.0 Å². The number of aryl methyl sites for hydroxylation is 1. The van der Waals surface area contributed by atoms with Gasteiger partial charge in [0, 0.05) is 35.2 Å². The van der Waals surface area contributed by atoms with Crippen molar-refractivity contribution < 1.29 is 14.0 Å². The van der Waals surface area contributed by atoms with Crippen molar-refractivity contribution in [3.05, 3.63) is 102 Å². The van der Waals surface area contributed by atoms with Gasteiger partial charge in [0.2, 0.25) is 0 Å². The molecule has 5 nitrogen and oxygen atoms in total. The van der Waals surface area contributed by atoms with Crippen molar-refractivity contribution in [1.82, 2.24) is 9.88 Å². The van der Waals surface area contributed by atoms with Crippen molar-refractivity contribution in [2.24, 2.45) is 0 Å². The number of amides is 2. The fourth-order valence-electron chi connectivity index (χ4n) is 3.55. The summed E-state index contributed by atoms with van der Waals surface area (Å²) < 4.78 is 15.0. The Kier molecular flexibility index (Phi) is 5.80. The second-order valence-corrected chi connectivity index (χ2v) is 7.18. The van der Waals surface area contributed by atoms with E-state index in [1.54, 1.807) is 6.07 Å². The van der Waals surface area contributed by atoms with E-state index in [0.29, 0.717) is 30.0 Å². The molecule has 3 aromatic carbocycles. The predicted octanol–water partition coefficient (Wildman–Crippen LogP) is 4.98. The third-order valence-electron chi connectivity index (χ3n) is 5.11. The monoisotopic (exact) mass is 415 g/mol. The molecule has 0 bridgehead atoms. The van der Waals surface area contributed by atoms with E-state index in [9.17, 15) is 14.0 Å². The second kappa shape index (κ2) is 8.83. The smallest absolute Gasteiger partial charge is 0.268 e. The largest absolute Gasteiger partial charge is 0.347 e. The van der Waals surface area contributed by atoms with Gasteiger partial charge in [-0.25, -0.2) is 4.39 Å². The third-order valence-corrected chi connectivity index (χ3v) is 5.11. The number of nitrogens with zero attached hydrogens (tertiary/aromatic N) is 1. The van der Waals surface area contributed by atoms with Crippen LogP contribution in [0.1, 0.15) is 33.3 Å². The molecule has 0 unspecified atom stereocenters.